The van der Waals surface area contributed by atoms with Crippen LogP contribution in [0.2, 0.25) is 0 Å². The predicted octanol–water partition coefficient (Wildman–Crippen LogP) is 3.65. The van der Waals surface area contributed by atoms with Gasteiger partial charge in [-0.15, -0.1) is 0 Å². The van der Waals surface area contributed by atoms with Crippen LogP contribution in [0.25, 0.3) is 0 Å². The number of carboxylic acid groups (broad SMARTS) is 1. The van der Waals surface area contributed by atoms with Crippen molar-refractivity contribution in [1.29, 1.82) is 0 Å². The van der Waals surface area contributed by atoms with Gasteiger partial charge in [0.25, 0.3) is 5.91 Å². The quantitative estimate of drug-likeness (QED) is 0.721. The monoisotopic (exact) mass is 331 g/mol. The number of benzene rings is 1. The average Bonchev–Trinajstić information content (AvgIpc) is 2.94. The normalized spacial score (nSPS) is 10.4. The number of furan rings is 1. The predicted molar refractivity (Wildman–Crippen MR) is 89.6 cm³/mol. The molecule has 0 unspecified atom stereocenters. The van der Waals surface area contributed by atoms with Crippen LogP contribution in [0.3, 0.4) is 0 Å². The van der Waals surface area contributed by atoms with E-state index in [0.717, 1.165) is 17.7 Å². The molecule has 24 heavy (non-hydrogen) atoms. The summed E-state index contributed by atoms with van der Waals surface area (Å²) in [6.07, 6.45) is 1.27. The lowest BCUT2D eigenvalue weighted by Crippen LogP contribution is -2.10. The maximum Gasteiger partial charge on any atom is 0.303 e. The van der Waals surface area contributed by atoms with E-state index in [2.05, 4.69) is 5.32 Å². The molecule has 6 nitrogen and oxygen atoms in total. The number of hydrogen-bond donors (Lipinski definition) is 2. The Kier molecular flexibility index (Phi) is 6.01. The summed E-state index contributed by atoms with van der Waals surface area (Å²) < 4.78 is 11.0. The molecule has 0 atom stereocenters. The third-order valence-electron chi connectivity index (χ3n) is 3.48. The zero-order valence-electron chi connectivity index (χ0n) is 13.8. The Morgan fingerprint density at radius 2 is 1.96 bits per heavy atom. The highest BCUT2D eigenvalue weighted by atomic mass is 16.5. The third kappa shape index (κ3) is 4.87. The van der Waals surface area contributed by atoms with Crippen molar-refractivity contribution in [1.82, 2.24) is 0 Å². The summed E-state index contributed by atoms with van der Waals surface area (Å²) in [6.45, 7) is 4.22. The summed E-state index contributed by atoms with van der Waals surface area (Å²) in [5.74, 6) is 0.591. The van der Waals surface area contributed by atoms with Crippen LogP contribution in [-0.4, -0.2) is 23.6 Å². The highest BCUT2D eigenvalue weighted by molar-refractivity contribution is 6.02. The van der Waals surface area contributed by atoms with Gasteiger partial charge >= 0.3 is 5.97 Å². The first-order valence-corrected chi connectivity index (χ1v) is 7.85. The molecule has 2 aromatic rings. The van der Waals surface area contributed by atoms with Crippen LogP contribution in [0.15, 0.2) is 34.7 Å². The van der Waals surface area contributed by atoms with Crippen LogP contribution in [0.5, 0.6) is 5.75 Å². The zero-order chi connectivity index (χ0) is 17.5. The number of carbonyl (C=O) groups excluding carboxylic acids is 1. The minimum Gasteiger partial charge on any atom is -0.494 e. The molecule has 1 heterocycles. The van der Waals surface area contributed by atoms with Crippen molar-refractivity contribution in [3.8, 4) is 5.75 Å². The Morgan fingerprint density at radius 3 is 2.54 bits per heavy atom. The highest BCUT2D eigenvalue weighted by Crippen LogP contribution is 2.19. The maximum absolute atomic E-state index is 12.2. The van der Waals surface area contributed by atoms with Crippen LogP contribution >= 0.6 is 0 Å². The molecule has 0 spiro atoms. The van der Waals surface area contributed by atoms with E-state index in [0.29, 0.717) is 30.2 Å². The molecule has 0 radical (unpaired) electrons. The van der Waals surface area contributed by atoms with Gasteiger partial charge in [-0.2, -0.15) is 0 Å². The minimum atomic E-state index is -0.837. The molecule has 0 fully saturated rings. The molecule has 0 saturated heterocycles. The number of ether oxygens (including phenoxy) is 1. The number of rotatable bonds is 8. The van der Waals surface area contributed by atoms with Gasteiger partial charge in [-0.05, 0) is 49.2 Å². The lowest BCUT2D eigenvalue weighted by molar-refractivity contribution is -0.137. The van der Waals surface area contributed by atoms with E-state index >= 15 is 0 Å². The van der Waals surface area contributed by atoms with Crippen molar-refractivity contribution >= 4 is 17.6 Å². The van der Waals surface area contributed by atoms with Gasteiger partial charge in [-0.25, -0.2) is 0 Å². The van der Waals surface area contributed by atoms with Gasteiger partial charge in [0.05, 0.1) is 6.61 Å². The fourth-order valence-corrected chi connectivity index (χ4v) is 2.22. The molecule has 1 aromatic heterocycles. The van der Waals surface area contributed by atoms with E-state index in [1.807, 2.05) is 13.8 Å². The van der Waals surface area contributed by atoms with Crippen LogP contribution in [0, 0.1) is 6.92 Å². The molecule has 1 amide bonds. The third-order valence-corrected chi connectivity index (χ3v) is 3.48. The average molecular weight is 331 g/mol. The summed E-state index contributed by atoms with van der Waals surface area (Å²) in [5, 5.41) is 11.3. The van der Waals surface area contributed by atoms with Crippen molar-refractivity contribution in [2.75, 3.05) is 11.9 Å². The van der Waals surface area contributed by atoms with Gasteiger partial charge in [-0.3, -0.25) is 9.59 Å². The molecule has 0 saturated carbocycles. The fraction of sp³-hybridized carbons (Fsp3) is 0.333. The van der Waals surface area contributed by atoms with E-state index in [9.17, 15) is 9.59 Å². The maximum atomic E-state index is 12.2. The largest absolute Gasteiger partial charge is 0.494 e. The second-order valence-corrected chi connectivity index (χ2v) is 5.39. The lowest BCUT2D eigenvalue weighted by atomic mass is 10.2. The molecule has 0 aliphatic carbocycles. The number of anilines is 1. The van der Waals surface area contributed by atoms with Gasteiger partial charge in [0.2, 0.25) is 0 Å². The first kappa shape index (κ1) is 17.6. The second-order valence-electron chi connectivity index (χ2n) is 5.39. The summed E-state index contributed by atoms with van der Waals surface area (Å²) in [6, 6.07) is 8.62. The van der Waals surface area contributed by atoms with Crippen LogP contribution in [0.1, 0.15) is 41.6 Å². The van der Waals surface area contributed by atoms with Crippen LogP contribution < -0.4 is 10.1 Å². The number of carbonyl (C=O) groups is 2. The van der Waals surface area contributed by atoms with E-state index in [1.165, 1.54) is 0 Å². The summed E-state index contributed by atoms with van der Waals surface area (Å²) in [5.41, 5.74) is 1.60. The van der Waals surface area contributed by atoms with Crippen molar-refractivity contribution in [3.05, 3.63) is 47.4 Å². The number of hydrogen-bond acceptors (Lipinski definition) is 4. The van der Waals surface area contributed by atoms with Crippen molar-refractivity contribution in [3.63, 3.8) is 0 Å². The molecule has 2 rings (SSSR count). The summed E-state index contributed by atoms with van der Waals surface area (Å²) in [4.78, 5) is 22.6. The molecule has 0 aliphatic heterocycles. The SMILES string of the molecule is CCc1oc(C(=O)Nc2ccc(OCCCC(=O)O)cc2)cc1C. The van der Waals surface area contributed by atoms with Gasteiger partial charge in [-0.1, -0.05) is 6.92 Å². The lowest BCUT2D eigenvalue weighted by Gasteiger charge is -2.07. The molecule has 6 heteroatoms. The second kappa shape index (κ2) is 8.19. The van der Waals surface area contributed by atoms with Gasteiger partial charge in [0.15, 0.2) is 5.76 Å². The molecule has 1 aromatic carbocycles. The van der Waals surface area contributed by atoms with Crippen LogP contribution in [-0.2, 0) is 11.2 Å². The van der Waals surface area contributed by atoms with E-state index in [4.69, 9.17) is 14.3 Å². The Hall–Kier alpha value is -2.76. The molecule has 128 valence electrons. The Bertz CT molecular complexity index is 703. The highest BCUT2D eigenvalue weighted by Gasteiger charge is 2.13. The first-order chi connectivity index (χ1) is 11.5. The van der Waals surface area contributed by atoms with E-state index < -0.39 is 5.97 Å². The Labute approximate surface area is 140 Å². The van der Waals surface area contributed by atoms with Crippen molar-refractivity contribution in [2.45, 2.75) is 33.1 Å². The van der Waals surface area contributed by atoms with Gasteiger partial charge in [0, 0.05) is 18.5 Å². The smallest absolute Gasteiger partial charge is 0.303 e. The molecule has 2 N–H and O–H groups in total. The molecular formula is C18H21NO5. The number of nitrogens with one attached hydrogen (secondary N) is 1. The first-order valence-electron chi connectivity index (χ1n) is 7.85. The molecular weight excluding hydrogens is 310 g/mol. The topological polar surface area (TPSA) is 88.8 Å². The molecule has 0 aliphatic rings. The van der Waals surface area contributed by atoms with Gasteiger partial charge < -0.3 is 19.6 Å². The standard InChI is InChI=1S/C18H21NO5/c1-3-15-12(2)11-16(24-15)18(22)19-13-6-8-14(9-7-13)23-10-4-5-17(20)21/h6-9,11H,3-5,10H2,1-2H3,(H,19,22)(H,20,21). The van der Waals surface area contributed by atoms with E-state index in [-0.39, 0.29) is 12.3 Å². The number of amides is 1. The molecule has 0 bridgehead atoms. The summed E-state index contributed by atoms with van der Waals surface area (Å²) in [7, 11) is 0. The van der Waals surface area contributed by atoms with E-state index in [1.54, 1.807) is 30.3 Å². The van der Waals surface area contributed by atoms with Crippen molar-refractivity contribution < 1.29 is 23.8 Å². The fourth-order valence-electron chi connectivity index (χ4n) is 2.22. The number of carboxylic acids is 1. The van der Waals surface area contributed by atoms with Crippen molar-refractivity contribution in [2.24, 2.45) is 0 Å². The Morgan fingerprint density at radius 1 is 1.25 bits per heavy atom. The van der Waals surface area contributed by atoms with Gasteiger partial charge in [0.1, 0.15) is 11.5 Å². The Balaban J connectivity index is 1.88. The summed E-state index contributed by atoms with van der Waals surface area (Å²) >= 11 is 0. The minimum absolute atomic E-state index is 0.0798. The zero-order valence-corrected chi connectivity index (χ0v) is 13.8. The number of aryl methyl sites for hydroxylation is 2. The number of aliphatic carboxylic acids is 1. The van der Waals surface area contributed by atoms with Crippen LogP contribution in [0.4, 0.5) is 5.69 Å².